The van der Waals surface area contributed by atoms with Crippen LogP contribution in [0, 0.1) is 0 Å². The number of carbonyl (C=O) groups excluding carboxylic acids is 2. The number of benzene rings is 1. The number of rotatable bonds is 4. The fraction of sp³-hybridized carbons (Fsp3) is 0.450. The molecule has 2 aliphatic rings. The van der Waals surface area contributed by atoms with Gasteiger partial charge in [-0.2, -0.15) is 0 Å². The number of aromatic nitrogens is 2. The van der Waals surface area contributed by atoms with E-state index in [-0.39, 0.29) is 17.9 Å². The van der Waals surface area contributed by atoms with Crippen LogP contribution in [-0.2, 0) is 11.8 Å². The van der Waals surface area contributed by atoms with Crippen LogP contribution in [0.15, 0.2) is 42.7 Å². The highest BCUT2D eigenvalue weighted by atomic mass is 16.5. The first kappa shape index (κ1) is 17.6. The van der Waals surface area contributed by atoms with Crippen LogP contribution in [0.3, 0.4) is 0 Å². The number of carbonyl (C=O) groups is 2. The molecule has 0 radical (unpaired) electrons. The van der Waals surface area contributed by atoms with Crippen molar-refractivity contribution >= 4 is 11.8 Å². The second-order valence-electron chi connectivity index (χ2n) is 7.16. The molecule has 2 aliphatic heterocycles. The summed E-state index contributed by atoms with van der Waals surface area (Å²) in [5.74, 6) is 0.893. The van der Waals surface area contributed by atoms with E-state index in [2.05, 4.69) is 4.98 Å². The highest BCUT2D eigenvalue weighted by Crippen LogP contribution is 2.27. The number of likely N-dealkylation sites (tertiary alicyclic amines) is 2. The molecule has 2 atom stereocenters. The molecule has 4 rings (SSSR count). The van der Waals surface area contributed by atoms with Crippen molar-refractivity contribution in [1.29, 1.82) is 0 Å². The highest BCUT2D eigenvalue weighted by Gasteiger charge is 2.43. The summed E-state index contributed by atoms with van der Waals surface area (Å²) in [6.07, 6.45) is 5.66. The lowest BCUT2D eigenvalue weighted by molar-refractivity contribution is -0.134. The molecule has 2 amide bonds. The van der Waals surface area contributed by atoms with Gasteiger partial charge >= 0.3 is 0 Å². The lowest BCUT2D eigenvalue weighted by atomic mass is 10.1. The van der Waals surface area contributed by atoms with Crippen molar-refractivity contribution in [3.63, 3.8) is 0 Å². The molecular weight excluding hydrogens is 344 g/mol. The number of hydrogen-bond acceptors (Lipinski definition) is 4. The Labute approximate surface area is 158 Å². The van der Waals surface area contributed by atoms with Crippen LogP contribution in [0.25, 0.3) is 0 Å². The zero-order valence-electron chi connectivity index (χ0n) is 15.5. The molecule has 0 N–H and O–H groups in total. The first-order valence-corrected chi connectivity index (χ1v) is 9.42. The molecular formula is C20H24N4O3. The van der Waals surface area contributed by atoms with E-state index < -0.39 is 6.04 Å². The fourth-order valence-corrected chi connectivity index (χ4v) is 3.88. The van der Waals surface area contributed by atoms with Crippen molar-refractivity contribution in [3.05, 3.63) is 48.5 Å². The minimum absolute atomic E-state index is 0.0224. The van der Waals surface area contributed by atoms with Crippen LogP contribution in [0.5, 0.6) is 5.75 Å². The molecule has 7 nitrogen and oxygen atoms in total. The molecule has 2 aromatic rings. The van der Waals surface area contributed by atoms with Crippen LogP contribution in [-0.4, -0.2) is 62.9 Å². The molecule has 2 fully saturated rings. The van der Waals surface area contributed by atoms with Gasteiger partial charge in [-0.25, -0.2) is 4.98 Å². The lowest BCUT2D eigenvalue weighted by Crippen LogP contribution is -2.47. The number of para-hydroxylation sites is 1. The molecule has 27 heavy (non-hydrogen) atoms. The minimum atomic E-state index is -0.499. The molecule has 0 bridgehead atoms. The average molecular weight is 368 g/mol. The van der Waals surface area contributed by atoms with Gasteiger partial charge in [-0.3, -0.25) is 9.59 Å². The number of ether oxygens (including phenoxy) is 1. The second-order valence-corrected chi connectivity index (χ2v) is 7.16. The lowest BCUT2D eigenvalue weighted by Gasteiger charge is -2.27. The molecule has 0 aliphatic carbocycles. The summed E-state index contributed by atoms with van der Waals surface area (Å²) in [5, 5.41) is 0. The standard InChI is InChI=1S/C20H24N4O3/c1-22-12-9-21-18(22)20(26)24-14-16(27-15-7-3-2-4-8-15)13-17(24)19(25)23-10-5-6-11-23/h2-4,7-9,12,16-17H,5-6,10-11,13-14H2,1H3/t16-,17-/m0/s1. The Hall–Kier alpha value is -2.83. The normalized spacial score (nSPS) is 22.3. The molecule has 0 unspecified atom stereocenters. The Morgan fingerprint density at radius 2 is 1.89 bits per heavy atom. The van der Waals surface area contributed by atoms with E-state index in [4.69, 9.17) is 4.74 Å². The number of imidazole rings is 1. The van der Waals surface area contributed by atoms with Crippen molar-refractivity contribution in [2.75, 3.05) is 19.6 Å². The zero-order chi connectivity index (χ0) is 18.8. The quantitative estimate of drug-likeness (QED) is 0.824. The van der Waals surface area contributed by atoms with Crippen molar-refractivity contribution in [1.82, 2.24) is 19.4 Å². The van der Waals surface area contributed by atoms with Crippen LogP contribution in [0.1, 0.15) is 29.9 Å². The third-order valence-corrected chi connectivity index (χ3v) is 5.28. The van der Waals surface area contributed by atoms with Crippen LogP contribution >= 0.6 is 0 Å². The largest absolute Gasteiger partial charge is 0.488 e. The number of aryl methyl sites for hydroxylation is 1. The van der Waals surface area contributed by atoms with Gasteiger partial charge < -0.3 is 19.1 Å². The maximum absolute atomic E-state index is 13.1. The molecule has 0 saturated carbocycles. The molecule has 1 aromatic heterocycles. The van der Waals surface area contributed by atoms with Crippen LogP contribution in [0.2, 0.25) is 0 Å². The smallest absolute Gasteiger partial charge is 0.290 e. The number of amides is 2. The van der Waals surface area contributed by atoms with E-state index in [9.17, 15) is 9.59 Å². The highest BCUT2D eigenvalue weighted by molar-refractivity contribution is 5.95. The molecule has 2 saturated heterocycles. The second kappa shape index (κ2) is 7.42. The molecule has 7 heteroatoms. The first-order valence-electron chi connectivity index (χ1n) is 9.42. The maximum atomic E-state index is 13.1. The van der Waals surface area contributed by atoms with E-state index in [0.29, 0.717) is 18.8 Å². The summed E-state index contributed by atoms with van der Waals surface area (Å²) >= 11 is 0. The Morgan fingerprint density at radius 3 is 2.56 bits per heavy atom. The van der Waals surface area contributed by atoms with Gasteiger partial charge in [0.25, 0.3) is 5.91 Å². The van der Waals surface area contributed by atoms with Crippen LogP contribution in [0.4, 0.5) is 0 Å². The van der Waals surface area contributed by atoms with Gasteiger partial charge in [0.15, 0.2) is 5.82 Å². The van der Waals surface area contributed by atoms with Gasteiger partial charge in [-0.05, 0) is 25.0 Å². The van der Waals surface area contributed by atoms with Gasteiger partial charge in [-0.1, -0.05) is 18.2 Å². The summed E-state index contributed by atoms with van der Waals surface area (Å²) in [5.41, 5.74) is 0. The van der Waals surface area contributed by atoms with Gasteiger partial charge in [0.05, 0.1) is 6.54 Å². The van der Waals surface area contributed by atoms with E-state index in [0.717, 1.165) is 31.7 Å². The van der Waals surface area contributed by atoms with E-state index in [1.54, 1.807) is 28.9 Å². The maximum Gasteiger partial charge on any atom is 0.290 e. The summed E-state index contributed by atoms with van der Waals surface area (Å²) in [6.45, 7) is 1.92. The Morgan fingerprint density at radius 1 is 1.15 bits per heavy atom. The Kier molecular flexibility index (Phi) is 4.83. The minimum Gasteiger partial charge on any atom is -0.488 e. The molecule has 0 spiro atoms. The SMILES string of the molecule is Cn1ccnc1C(=O)N1C[C@@H](Oc2ccccc2)C[C@H]1C(=O)N1CCCC1. The van der Waals surface area contributed by atoms with Gasteiger partial charge in [0.1, 0.15) is 17.9 Å². The Bertz CT molecular complexity index is 814. The fourth-order valence-electron chi connectivity index (χ4n) is 3.88. The number of nitrogens with zero attached hydrogens (tertiary/aromatic N) is 4. The van der Waals surface area contributed by atoms with E-state index in [1.807, 2.05) is 35.2 Å². The molecule has 1 aromatic carbocycles. The monoisotopic (exact) mass is 368 g/mol. The third-order valence-electron chi connectivity index (χ3n) is 5.28. The van der Waals surface area contributed by atoms with Gasteiger partial charge in [-0.15, -0.1) is 0 Å². The average Bonchev–Trinajstić information content (AvgIpc) is 3.42. The van der Waals surface area contributed by atoms with Crippen molar-refractivity contribution in [2.45, 2.75) is 31.4 Å². The zero-order valence-corrected chi connectivity index (χ0v) is 15.5. The Balaban J connectivity index is 1.56. The van der Waals surface area contributed by atoms with Gasteiger partial charge in [0, 0.05) is 39.0 Å². The summed E-state index contributed by atoms with van der Waals surface area (Å²) in [6, 6.07) is 9.03. The predicted molar refractivity (Wildman–Crippen MR) is 99.3 cm³/mol. The summed E-state index contributed by atoms with van der Waals surface area (Å²) in [7, 11) is 1.78. The van der Waals surface area contributed by atoms with Crippen molar-refractivity contribution in [2.24, 2.45) is 7.05 Å². The summed E-state index contributed by atoms with van der Waals surface area (Å²) < 4.78 is 7.74. The topological polar surface area (TPSA) is 67.7 Å². The van der Waals surface area contributed by atoms with Crippen molar-refractivity contribution < 1.29 is 14.3 Å². The summed E-state index contributed by atoms with van der Waals surface area (Å²) in [4.78, 5) is 33.8. The third kappa shape index (κ3) is 3.54. The predicted octanol–water partition coefficient (Wildman–Crippen LogP) is 1.70. The van der Waals surface area contributed by atoms with E-state index in [1.165, 1.54) is 0 Å². The first-order chi connectivity index (χ1) is 13.1. The van der Waals surface area contributed by atoms with Crippen molar-refractivity contribution in [3.8, 4) is 5.75 Å². The molecule has 3 heterocycles. The van der Waals surface area contributed by atoms with Gasteiger partial charge in [0.2, 0.25) is 5.91 Å². The molecule has 142 valence electrons. The van der Waals surface area contributed by atoms with E-state index >= 15 is 0 Å². The number of hydrogen-bond donors (Lipinski definition) is 0. The van der Waals surface area contributed by atoms with Crippen LogP contribution < -0.4 is 4.74 Å².